The molecule has 0 saturated carbocycles. The number of nitrogens with zero attached hydrogens (tertiary/aromatic N) is 3. The second kappa shape index (κ2) is 4.93. The van der Waals surface area contributed by atoms with Gasteiger partial charge in [0.1, 0.15) is 5.82 Å². The van der Waals surface area contributed by atoms with Crippen molar-refractivity contribution in [1.29, 1.82) is 0 Å². The van der Waals surface area contributed by atoms with Crippen LogP contribution >= 0.6 is 0 Å². The van der Waals surface area contributed by atoms with E-state index in [2.05, 4.69) is 20.2 Å². The zero-order valence-electron chi connectivity index (χ0n) is 8.94. The van der Waals surface area contributed by atoms with Crippen molar-refractivity contribution in [2.45, 2.75) is 6.92 Å². The third kappa shape index (κ3) is 2.56. The highest BCUT2D eigenvalue weighted by Gasteiger charge is 2.12. The van der Waals surface area contributed by atoms with Gasteiger partial charge in [0.2, 0.25) is 5.95 Å². The van der Waals surface area contributed by atoms with E-state index in [-0.39, 0.29) is 0 Å². The average Bonchev–Trinajstić information content (AvgIpc) is 2.31. The molecule has 5 heteroatoms. The van der Waals surface area contributed by atoms with Crippen molar-refractivity contribution >= 4 is 11.8 Å². The van der Waals surface area contributed by atoms with Gasteiger partial charge in [0.25, 0.3) is 0 Å². The van der Waals surface area contributed by atoms with Crippen molar-refractivity contribution in [1.82, 2.24) is 9.97 Å². The minimum absolute atomic E-state index is 0.696. The molecule has 0 radical (unpaired) electrons. The van der Waals surface area contributed by atoms with Crippen molar-refractivity contribution in [2.75, 3.05) is 43.1 Å². The van der Waals surface area contributed by atoms with E-state index in [9.17, 15) is 0 Å². The first-order chi connectivity index (χ1) is 7.40. The summed E-state index contributed by atoms with van der Waals surface area (Å²) in [5, 5.41) is 3.11. The van der Waals surface area contributed by atoms with Crippen LogP contribution in [0.4, 0.5) is 11.8 Å². The van der Waals surface area contributed by atoms with Crippen LogP contribution in [0.15, 0.2) is 12.3 Å². The fourth-order valence-electron chi connectivity index (χ4n) is 1.56. The highest BCUT2D eigenvalue weighted by Crippen LogP contribution is 2.13. The quantitative estimate of drug-likeness (QED) is 0.794. The summed E-state index contributed by atoms with van der Waals surface area (Å²) in [6, 6.07) is 1.94. The Labute approximate surface area is 89.5 Å². The van der Waals surface area contributed by atoms with Crippen LogP contribution in [0.25, 0.3) is 0 Å². The lowest BCUT2D eigenvalue weighted by molar-refractivity contribution is 0.122. The maximum atomic E-state index is 5.30. The topological polar surface area (TPSA) is 50.3 Å². The predicted molar refractivity (Wildman–Crippen MR) is 59.2 cm³/mol. The van der Waals surface area contributed by atoms with E-state index in [0.29, 0.717) is 5.95 Å². The summed E-state index contributed by atoms with van der Waals surface area (Å²) in [7, 11) is 0. The summed E-state index contributed by atoms with van der Waals surface area (Å²) in [6.45, 7) is 6.24. The lowest BCUT2D eigenvalue weighted by atomic mass is 10.4. The number of anilines is 2. The average molecular weight is 208 g/mol. The fourth-order valence-corrected chi connectivity index (χ4v) is 1.56. The molecule has 82 valence electrons. The fraction of sp³-hybridized carbons (Fsp3) is 0.600. The molecule has 0 atom stereocenters. The van der Waals surface area contributed by atoms with Gasteiger partial charge in [-0.15, -0.1) is 0 Å². The van der Waals surface area contributed by atoms with Gasteiger partial charge in [-0.1, -0.05) is 0 Å². The molecular weight excluding hydrogens is 192 g/mol. The summed E-state index contributed by atoms with van der Waals surface area (Å²) in [5.41, 5.74) is 0. The second-order valence-corrected chi connectivity index (χ2v) is 3.37. The van der Waals surface area contributed by atoms with Crippen LogP contribution in [-0.4, -0.2) is 42.8 Å². The second-order valence-electron chi connectivity index (χ2n) is 3.37. The Bertz CT molecular complexity index is 312. The molecule has 1 aliphatic heterocycles. The molecule has 0 amide bonds. The van der Waals surface area contributed by atoms with Gasteiger partial charge in [0, 0.05) is 25.8 Å². The number of nitrogens with one attached hydrogen (secondary N) is 1. The first kappa shape index (κ1) is 10.2. The summed E-state index contributed by atoms with van der Waals surface area (Å²) >= 11 is 0. The largest absolute Gasteiger partial charge is 0.378 e. The Morgan fingerprint density at radius 1 is 1.47 bits per heavy atom. The SMILES string of the molecule is CCNc1nccc(N2CCOCC2)n1. The minimum atomic E-state index is 0.696. The summed E-state index contributed by atoms with van der Waals surface area (Å²) in [5.74, 6) is 1.67. The summed E-state index contributed by atoms with van der Waals surface area (Å²) in [6.07, 6.45) is 1.79. The van der Waals surface area contributed by atoms with Gasteiger partial charge in [0.05, 0.1) is 13.2 Å². The maximum absolute atomic E-state index is 5.30. The molecule has 0 aliphatic carbocycles. The molecule has 0 unspecified atom stereocenters. The molecule has 1 N–H and O–H groups in total. The molecule has 2 heterocycles. The Morgan fingerprint density at radius 2 is 2.27 bits per heavy atom. The Morgan fingerprint density at radius 3 is 3.00 bits per heavy atom. The Kier molecular flexibility index (Phi) is 3.34. The molecule has 1 aliphatic rings. The Hall–Kier alpha value is -1.36. The van der Waals surface area contributed by atoms with Gasteiger partial charge in [-0.25, -0.2) is 4.98 Å². The predicted octanol–water partition coefficient (Wildman–Crippen LogP) is 0.745. The highest BCUT2D eigenvalue weighted by molar-refractivity contribution is 5.42. The number of rotatable bonds is 3. The van der Waals surface area contributed by atoms with Crippen molar-refractivity contribution in [3.63, 3.8) is 0 Å². The molecular formula is C10H16N4O. The number of morpholine rings is 1. The van der Waals surface area contributed by atoms with E-state index in [4.69, 9.17) is 4.74 Å². The molecule has 1 fully saturated rings. The monoisotopic (exact) mass is 208 g/mol. The van der Waals surface area contributed by atoms with Crippen LogP contribution in [0, 0.1) is 0 Å². The molecule has 0 spiro atoms. The van der Waals surface area contributed by atoms with Gasteiger partial charge < -0.3 is 15.0 Å². The molecule has 15 heavy (non-hydrogen) atoms. The lowest BCUT2D eigenvalue weighted by Crippen LogP contribution is -2.36. The Balaban J connectivity index is 2.09. The van der Waals surface area contributed by atoms with E-state index in [1.54, 1.807) is 6.20 Å². The van der Waals surface area contributed by atoms with Gasteiger partial charge in [-0.2, -0.15) is 4.98 Å². The van der Waals surface area contributed by atoms with E-state index in [1.165, 1.54) is 0 Å². The van der Waals surface area contributed by atoms with Crippen LogP contribution in [0.1, 0.15) is 6.92 Å². The van der Waals surface area contributed by atoms with E-state index in [1.807, 2.05) is 13.0 Å². The standard InChI is InChI=1S/C10H16N4O/c1-2-11-10-12-4-3-9(13-10)14-5-7-15-8-6-14/h3-4H,2,5-8H2,1H3,(H,11,12,13). The van der Waals surface area contributed by atoms with E-state index in [0.717, 1.165) is 38.7 Å². The molecule has 5 nitrogen and oxygen atoms in total. The minimum Gasteiger partial charge on any atom is -0.378 e. The van der Waals surface area contributed by atoms with E-state index >= 15 is 0 Å². The number of ether oxygens (including phenoxy) is 1. The third-order valence-electron chi connectivity index (χ3n) is 2.31. The van der Waals surface area contributed by atoms with Gasteiger partial charge in [-0.3, -0.25) is 0 Å². The van der Waals surface area contributed by atoms with Crippen molar-refractivity contribution in [2.24, 2.45) is 0 Å². The van der Waals surface area contributed by atoms with Crippen LogP contribution in [0.2, 0.25) is 0 Å². The van der Waals surface area contributed by atoms with Gasteiger partial charge in [-0.05, 0) is 13.0 Å². The zero-order valence-corrected chi connectivity index (χ0v) is 8.94. The molecule has 0 bridgehead atoms. The van der Waals surface area contributed by atoms with Crippen molar-refractivity contribution in [3.05, 3.63) is 12.3 Å². The van der Waals surface area contributed by atoms with E-state index < -0.39 is 0 Å². The van der Waals surface area contributed by atoms with Crippen LogP contribution in [0.5, 0.6) is 0 Å². The number of aromatic nitrogens is 2. The van der Waals surface area contributed by atoms with Crippen molar-refractivity contribution in [3.8, 4) is 0 Å². The normalized spacial score (nSPS) is 16.5. The highest BCUT2D eigenvalue weighted by atomic mass is 16.5. The number of hydrogen-bond donors (Lipinski definition) is 1. The summed E-state index contributed by atoms with van der Waals surface area (Å²) in [4.78, 5) is 10.8. The zero-order chi connectivity index (χ0) is 10.5. The van der Waals surface area contributed by atoms with Gasteiger partial charge in [0.15, 0.2) is 0 Å². The van der Waals surface area contributed by atoms with Crippen molar-refractivity contribution < 1.29 is 4.74 Å². The molecule has 2 rings (SSSR count). The molecule has 1 aromatic rings. The summed E-state index contributed by atoms with van der Waals surface area (Å²) < 4.78 is 5.30. The van der Waals surface area contributed by atoms with Crippen LogP contribution < -0.4 is 10.2 Å². The molecule has 1 saturated heterocycles. The van der Waals surface area contributed by atoms with Crippen LogP contribution in [-0.2, 0) is 4.74 Å². The van der Waals surface area contributed by atoms with Gasteiger partial charge >= 0.3 is 0 Å². The number of hydrogen-bond acceptors (Lipinski definition) is 5. The van der Waals surface area contributed by atoms with Crippen LogP contribution in [0.3, 0.4) is 0 Å². The maximum Gasteiger partial charge on any atom is 0.224 e. The first-order valence-corrected chi connectivity index (χ1v) is 5.30. The lowest BCUT2D eigenvalue weighted by Gasteiger charge is -2.27. The third-order valence-corrected chi connectivity index (χ3v) is 2.31. The molecule has 1 aromatic heterocycles. The first-order valence-electron chi connectivity index (χ1n) is 5.30. The molecule has 0 aromatic carbocycles. The smallest absolute Gasteiger partial charge is 0.224 e.